The molecule has 0 aromatic rings. The van der Waals surface area contributed by atoms with Crippen molar-refractivity contribution in [3.8, 4) is 0 Å². The van der Waals surface area contributed by atoms with Gasteiger partial charge in [-0.25, -0.2) is 0 Å². The number of rotatable bonds is 4. The predicted molar refractivity (Wildman–Crippen MR) is 67.1 cm³/mol. The van der Waals surface area contributed by atoms with E-state index in [0.29, 0.717) is 16.5 Å². The molecule has 0 aromatic heterocycles. The van der Waals surface area contributed by atoms with Crippen molar-refractivity contribution in [1.29, 1.82) is 0 Å². The van der Waals surface area contributed by atoms with Crippen molar-refractivity contribution in [1.82, 2.24) is 5.32 Å². The lowest BCUT2D eigenvalue weighted by atomic mass is 10.2. The Morgan fingerprint density at radius 3 is 2.69 bits per heavy atom. The molecule has 1 heterocycles. The molecule has 3 nitrogen and oxygen atoms in total. The van der Waals surface area contributed by atoms with Gasteiger partial charge in [0.1, 0.15) is 0 Å². The summed E-state index contributed by atoms with van der Waals surface area (Å²) in [7, 11) is -0.656. The molecule has 1 N–H and O–H groups in total. The fraction of sp³-hybridized carbons (Fsp3) is 1.00. The summed E-state index contributed by atoms with van der Waals surface area (Å²) in [6.45, 7) is 4.73. The Bertz CT molecular complexity index is 241. The molecule has 1 aliphatic carbocycles. The van der Waals surface area contributed by atoms with Crippen LogP contribution in [-0.4, -0.2) is 40.5 Å². The molecule has 0 radical (unpaired) electrons. The number of hydrogen-bond donors (Lipinski definition) is 1. The van der Waals surface area contributed by atoms with Gasteiger partial charge in [0, 0.05) is 35.3 Å². The van der Waals surface area contributed by atoms with E-state index in [1.54, 1.807) is 0 Å². The van der Waals surface area contributed by atoms with E-state index in [1.165, 1.54) is 12.8 Å². The van der Waals surface area contributed by atoms with Gasteiger partial charge in [0.25, 0.3) is 0 Å². The van der Waals surface area contributed by atoms with E-state index < -0.39 is 10.8 Å². The summed E-state index contributed by atoms with van der Waals surface area (Å²) in [5, 5.41) is 4.27. The van der Waals surface area contributed by atoms with Gasteiger partial charge in [-0.1, -0.05) is 13.3 Å². The minimum absolute atomic E-state index is 0.387. The van der Waals surface area contributed by atoms with Crippen molar-refractivity contribution < 1.29 is 8.95 Å². The van der Waals surface area contributed by atoms with Gasteiger partial charge in [-0.05, 0) is 32.2 Å². The zero-order valence-corrected chi connectivity index (χ0v) is 10.9. The topological polar surface area (TPSA) is 38.3 Å². The third-order valence-electron chi connectivity index (χ3n) is 3.71. The highest BCUT2D eigenvalue weighted by atomic mass is 32.2. The van der Waals surface area contributed by atoms with E-state index in [0.717, 1.165) is 39.0 Å². The van der Waals surface area contributed by atoms with Crippen LogP contribution in [0.1, 0.15) is 39.0 Å². The fourth-order valence-corrected chi connectivity index (χ4v) is 4.96. The van der Waals surface area contributed by atoms with Crippen LogP contribution in [-0.2, 0) is 15.5 Å². The molecular formula is C12H23NO2S. The summed E-state index contributed by atoms with van der Waals surface area (Å²) in [5.41, 5.74) is 0. The maximum atomic E-state index is 12.5. The maximum Gasteiger partial charge on any atom is 0.0504 e. The summed E-state index contributed by atoms with van der Waals surface area (Å²) in [6.07, 6.45) is 5.55. The Hall–Kier alpha value is 0.0700. The van der Waals surface area contributed by atoms with Crippen molar-refractivity contribution in [3.63, 3.8) is 0 Å². The van der Waals surface area contributed by atoms with E-state index in [2.05, 4.69) is 12.2 Å². The first-order valence-electron chi connectivity index (χ1n) is 6.53. The van der Waals surface area contributed by atoms with Gasteiger partial charge in [0.15, 0.2) is 0 Å². The van der Waals surface area contributed by atoms with E-state index in [1.807, 2.05) is 0 Å². The van der Waals surface area contributed by atoms with Crippen LogP contribution in [0.2, 0.25) is 0 Å². The Balaban J connectivity index is 1.91. The Kier molecular flexibility index (Phi) is 4.79. The van der Waals surface area contributed by atoms with Gasteiger partial charge in [-0.3, -0.25) is 4.21 Å². The van der Waals surface area contributed by atoms with Crippen LogP contribution in [0.3, 0.4) is 0 Å². The molecule has 16 heavy (non-hydrogen) atoms. The normalized spacial score (nSPS) is 34.1. The molecular weight excluding hydrogens is 222 g/mol. The Morgan fingerprint density at radius 2 is 2.00 bits per heavy atom. The largest absolute Gasteiger partial charge is 0.381 e. The minimum Gasteiger partial charge on any atom is -0.381 e. The lowest BCUT2D eigenvalue weighted by molar-refractivity contribution is 0.0990. The molecule has 4 heteroatoms. The third kappa shape index (κ3) is 2.84. The first-order valence-corrected chi connectivity index (χ1v) is 7.81. The van der Waals surface area contributed by atoms with Gasteiger partial charge >= 0.3 is 0 Å². The standard InChI is InChI=1S/C12H23NO2S/c1-2-13-11-4-3-5-12(11)16(14)10-6-8-15-9-7-10/h10-13H,2-9H2,1H3. The summed E-state index contributed by atoms with van der Waals surface area (Å²) in [5.74, 6) is 0. The summed E-state index contributed by atoms with van der Waals surface area (Å²) in [4.78, 5) is 0. The van der Waals surface area contributed by atoms with Crippen molar-refractivity contribution in [2.24, 2.45) is 0 Å². The van der Waals surface area contributed by atoms with Gasteiger partial charge in [0.05, 0.1) is 5.25 Å². The van der Waals surface area contributed by atoms with Crippen LogP contribution in [0.15, 0.2) is 0 Å². The quantitative estimate of drug-likeness (QED) is 0.814. The number of ether oxygens (including phenoxy) is 1. The smallest absolute Gasteiger partial charge is 0.0504 e. The van der Waals surface area contributed by atoms with Crippen molar-refractivity contribution in [2.45, 2.75) is 55.6 Å². The second-order valence-electron chi connectivity index (χ2n) is 4.77. The molecule has 1 saturated heterocycles. The van der Waals surface area contributed by atoms with Gasteiger partial charge in [-0.15, -0.1) is 0 Å². The molecule has 2 aliphatic rings. The summed E-state index contributed by atoms with van der Waals surface area (Å²) >= 11 is 0. The molecule has 0 amide bonds. The van der Waals surface area contributed by atoms with Crippen LogP contribution in [0.25, 0.3) is 0 Å². The van der Waals surface area contributed by atoms with Crippen LogP contribution in [0, 0.1) is 0 Å². The molecule has 2 fully saturated rings. The van der Waals surface area contributed by atoms with Gasteiger partial charge < -0.3 is 10.1 Å². The number of hydrogen-bond acceptors (Lipinski definition) is 3. The average molecular weight is 245 g/mol. The average Bonchev–Trinajstić information content (AvgIpc) is 2.78. The summed E-state index contributed by atoms with van der Waals surface area (Å²) < 4.78 is 17.8. The van der Waals surface area contributed by atoms with E-state index in [-0.39, 0.29) is 0 Å². The minimum atomic E-state index is -0.656. The molecule has 3 atom stereocenters. The molecule has 0 aromatic carbocycles. The molecule has 0 bridgehead atoms. The molecule has 94 valence electrons. The monoisotopic (exact) mass is 245 g/mol. The van der Waals surface area contributed by atoms with Gasteiger partial charge in [-0.2, -0.15) is 0 Å². The van der Waals surface area contributed by atoms with Crippen molar-refractivity contribution >= 4 is 10.8 Å². The SMILES string of the molecule is CCNC1CCCC1S(=O)C1CCOCC1. The highest BCUT2D eigenvalue weighted by Gasteiger charge is 2.35. The summed E-state index contributed by atoms with van der Waals surface area (Å²) in [6, 6.07) is 0.494. The fourth-order valence-electron chi connectivity index (χ4n) is 2.86. The Labute approximate surface area is 101 Å². The number of nitrogens with one attached hydrogen (secondary N) is 1. The van der Waals surface area contributed by atoms with E-state index >= 15 is 0 Å². The second-order valence-corrected chi connectivity index (χ2v) is 6.70. The highest BCUT2D eigenvalue weighted by Crippen LogP contribution is 2.28. The van der Waals surface area contributed by atoms with Crippen molar-refractivity contribution in [3.05, 3.63) is 0 Å². The first kappa shape index (κ1) is 12.5. The third-order valence-corrected chi connectivity index (χ3v) is 6.00. The van der Waals surface area contributed by atoms with E-state index in [4.69, 9.17) is 4.74 Å². The van der Waals surface area contributed by atoms with Crippen LogP contribution in [0.5, 0.6) is 0 Å². The molecule has 0 spiro atoms. The van der Waals surface area contributed by atoms with Gasteiger partial charge in [0.2, 0.25) is 0 Å². The van der Waals surface area contributed by atoms with Crippen LogP contribution < -0.4 is 5.32 Å². The second kappa shape index (κ2) is 6.12. The zero-order valence-electron chi connectivity index (χ0n) is 10.1. The maximum absolute atomic E-state index is 12.5. The molecule has 3 unspecified atom stereocenters. The molecule has 2 rings (SSSR count). The lowest BCUT2D eigenvalue weighted by Crippen LogP contribution is -2.42. The predicted octanol–water partition coefficient (Wildman–Crippen LogP) is 1.44. The lowest BCUT2D eigenvalue weighted by Gasteiger charge is -2.27. The van der Waals surface area contributed by atoms with Crippen LogP contribution in [0.4, 0.5) is 0 Å². The Morgan fingerprint density at radius 1 is 1.25 bits per heavy atom. The molecule has 1 aliphatic heterocycles. The first-order chi connectivity index (χ1) is 7.83. The van der Waals surface area contributed by atoms with E-state index in [9.17, 15) is 4.21 Å². The highest BCUT2D eigenvalue weighted by molar-refractivity contribution is 7.86. The molecule has 1 saturated carbocycles. The zero-order chi connectivity index (χ0) is 11.4. The van der Waals surface area contributed by atoms with Crippen molar-refractivity contribution in [2.75, 3.05) is 19.8 Å². The van der Waals surface area contributed by atoms with Crippen LogP contribution >= 0.6 is 0 Å².